The highest BCUT2D eigenvalue weighted by Crippen LogP contribution is 2.56. The maximum atomic E-state index is 7.18. The lowest BCUT2D eigenvalue weighted by Gasteiger charge is -2.47. The SMILES string of the molecule is CC(C)CN1c2ccc(Cl)cc2C(C)(C)C12C=Nc1c(cc(N3CCCCC3)c3ccccc13)O2. The van der Waals surface area contributed by atoms with Crippen molar-refractivity contribution in [2.75, 3.05) is 29.4 Å². The van der Waals surface area contributed by atoms with Gasteiger partial charge in [-0.05, 0) is 62.8 Å². The normalized spacial score (nSPS) is 22.6. The lowest BCUT2D eigenvalue weighted by Crippen LogP contribution is -2.62. The lowest BCUT2D eigenvalue weighted by molar-refractivity contribution is 0.0757. The molecule has 3 aromatic carbocycles. The van der Waals surface area contributed by atoms with E-state index in [2.05, 4.69) is 86.2 Å². The molecule has 0 bridgehead atoms. The molecule has 35 heavy (non-hydrogen) atoms. The van der Waals surface area contributed by atoms with E-state index in [1.807, 2.05) is 6.07 Å². The third-order valence-electron chi connectivity index (χ3n) is 8.06. The zero-order valence-corrected chi connectivity index (χ0v) is 21.9. The van der Waals surface area contributed by atoms with Gasteiger partial charge in [0.05, 0.1) is 11.6 Å². The highest BCUT2D eigenvalue weighted by atomic mass is 35.5. The second kappa shape index (κ2) is 8.16. The highest BCUT2D eigenvalue weighted by molar-refractivity contribution is 6.30. The highest BCUT2D eigenvalue weighted by Gasteiger charge is 2.60. The standard InChI is InChI=1S/C30H34ClN3O/c1-20(2)18-34-25-13-12-21(31)16-24(25)29(3,4)30(34)19-32-28-23-11-7-6-10-22(23)26(17-27(28)35-30)33-14-8-5-9-15-33/h6-7,10-13,16-17,19-20H,5,8-9,14-15,18H2,1-4H3. The maximum absolute atomic E-state index is 7.18. The molecule has 1 saturated heterocycles. The maximum Gasteiger partial charge on any atom is 0.228 e. The first kappa shape index (κ1) is 22.7. The molecule has 3 aromatic rings. The Hall–Kier alpha value is -2.72. The van der Waals surface area contributed by atoms with Gasteiger partial charge in [0.1, 0.15) is 5.69 Å². The molecule has 0 radical (unpaired) electrons. The molecule has 5 heteroatoms. The fourth-order valence-electron chi connectivity index (χ4n) is 6.24. The van der Waals surface area contributed by atoms with Gasteiger partial charge in [-0.25, -0.2) is 0 Å². The minimum Gasteiger partial charge on any atom is -0.459 e. The third-order valence-corrected chi connectivity index (χ3v) is 8.29. The zero-order valence-electron chi connectivity index (χ0n) is 21.1. The monoisotopic (exact) mass is 487 g/mol. The molecule has 0 aromatic heterocycles. The molecule has 0 saturated carbocycles. The Balaban J connectivity index is 1.54. The van der Waals surface area contributed by atoms with Crippen LogP contribution in [0.1, 0.15) is 52.5 Å². The molecule has 1 atom stereocenters. The number of hydrogen-bond acceptors (Lipinski definition) is 4. The number of anilines is 2. The van der Waals surface area contributed by atoms with Crippen molar-refractivity contribution in [2.24, 2.45) is 10.9 Å². The molecule has 0 amide bonds. The number of rotatable bonds is 3. The molecule has 0 aliphatic carbocycles. The van der Waals surface area contributed by atoms with Crippen LogP contribution in [0.2, 0.25) is 5.02 Å². The molecule has 182 valence electrons. The Labute approximate surface area is 213 Å². The fourth-order valence-corrected chi connectivity index (χ4v) is 6.41. The van der Waals surface area contributed by atoms with Crippen LogP contribution in [0.3, 0.4) is 0 Å². The topological polar surface area (TPSA) is 28.1 Å². The Morgan fingerprint density at radius 2 is 1.71 bits per heavy atom. The summed E-state index contributed by atoms with van der Waals surface area (Å²) < 4.78 is 7.18. The quantitative estimate of drug-likeness (QED) is 0.378. The summed E-state index contributed by atoms with van der Waals surface area (Å²) >= 11 is 6.49. The minimum absolute atomic E-state index is 0.347. The van der Waals surface area contributed by atoms with Gasteiger partial charge in [0.15, 0.2) is 5.75 Å². The summed E-state index contributed by atoms with van der Waals surface area (Å²) in [6.45, 7) is 12.1. The molecule has 3 heterocycles. The van der Waals surface area contributed by atoms with Gasteiger partial charge in [-0.3, -0.25) is 4.99 Å². The van der Waals surface area contributed by atoms with E-state index in [1.165, 1.54) is 41.6 Å². The molecular formula is C30H34ClN3O. The summed E-state index contributed by atoms with van der Waals surface area (Å²) in [5.41, 5.74) is 3.51. The molecule has 3 aliphatic heterocycles. The van der Waals surface area contributed by atoms with Crippen molar-refractivity contribution in [3.63, 3.8) is 0 Å². The summed E-state index contributed by atoms with van der Waals surface area (Å²) in [6.07, 6.45) is 5.83. The van der Waals surface area contributed by atoms with Crippen molar-refractivity contribution in [3.8, 4) is 5.75 Å². The average molecular weight is 488 g/mol. The Morgan fingerprint density at radius 3 is 2.46 bits per heavy atom. The van der Waals surface area contributed by atoms with E-state index >= 15 is 0 Å². The summed E-state index contributed by atoms with van der Waals surface area (Å²) in [4.78, 5) is 10.1. The van der Waals surface area contributed by atoms with Gasteiger partial charge < -0.3 is 14.5 Å². The van der Waals surface area contributed by atoms with Gasteiger partial charge in [-0.2, -0.15) is 0 Å². The number of benzene rings is 3. The van der Waals surface area contributed by atoms with E-state index in [0.29, 0.717) is 5.92 Å². The van der Waals surface area contributed by atoms with E-state index < -0.39 is 5.72 Å². The Kier molecular flexibility index (Phi) is 5.30. The van der Waals surface area contributed by atoms with Crippen molar-refractivity contribution in [3.05, 3.63) is 59.1 Å². The summed E-state index contributed by atoms with van der Waals surface area (Å²) in [5, 5.41) is 3.16. The van der Waals surface area contributed by atoms with Crippen LogP contribution in [-0.4, -0.2) is 31.6 Å². The van der Waals surface area contributed by atoms with E-state index in [4.69, 9.17) is 21.3 Å². The van der Waals surface area contributed by atoms with Crippen LogP contribution in [0.5, 0.6) is 5.75 Å². The number of ether oxygens (including phenoxy) is 1. The van der Waals surface area contributed by atoms with E-state index in [9.17, 15) is 0 Å². The van der Waals surface area contributed by atoms with Gasteiger partial charge in [-0.15, -0.1) is 0 Å². The summed E-state index contributed by atoms with van der Waals surface area (Å²) in [7, 11) is 0. The predicted octanol–water partition coefficient (Wildman–Crippen LogP) is 7.73. The molecule has 1 unspecified atom stereocenters. The number of piperidine rings is 1. The molecule has 1 spiro atoms. The number of fused-ring (bicyclic) bond motifs is 4. The minimum atomic E-state index is -0.723. The smallest absolute Gasteiger partial charge is 0.228 e. The van der Waals surface area contributed by atoms with Gasteiger partial charge in [0.2, 0.25) is 5.72 Å². The van der Waals surface area contributed by atoms with Crippen LogP contribution in [0.25, 0.3) is 10.8 Å². The van der Waals surface area contributed by atoms with Crippen molar-refractivity contribution < 1.29 is 4.74 Å². The number of nitrogens with zero attached hydrogens (tertiary/aromatic N) is 3. The summed E-state index contributed by atoms with van der Waals surface area (Å²) in [6, 6.07) is 17.1. The first-order valence-corrected chi connectivity index (χ1v) is 13.3. The van der Waals surface area contributed by atoms with Gasteiger partial charge in [-0.1, -0.05) is 49.7 Å². The van der Waals surface area contributed by atoms with Crippen LogP contribution < -0.4 is 14.5 Å². The third kappa shape index (κ3) is 3.36. The summed E-state index contributed by atoms with van der Waals surface area (Å²) in [5.74, 6) is 1.33. The molecule has 6 rings (SSSR count). The first-order chi connectivity index (χ1) is 16.8. The van der Waals surface area contributed by atoms with Crippen molar-refractivity contribution in [1.29, 1.82) is 0 Å². The average Bonchev–Trinajstić information content (AvgIpc) is 3.02. The van der Waals surface area contributed by atoms with Gasteiger partial charge >= 0.3 is 0 Å². The van der Waals surface area contributed by atoms with E-state index in [0.717, 1.165) is 41.5 Å². The first-order valence-electron chi connectivity index (χ1n) is 12.9. The fraction of sp³-hybridized carbons (Fsp3) is 0.433. The predicted molar refractivity (Wildman–Crippen MR) is 148 cm³/mol. The second-order valence-electron chi connectivity index (χ2n) is 11.2. The van der Waals surface area contributed by atoms with Crippen molar-refractivity contribution in [1.82, 2.24) is 0 Å². The van der Waals surface area contributed by atoms with Gasteiger partial charge in [0.25, 0.3) is 0 Å². The number of halogens is 1. The van der Waals surface area contributed by atoms with E-state index in [1.54, 1.807) is 0 Å². The molecular weight excluding hydrogens is 454 g/mol. The largest absolute Gasteiger partial charge is 0.459 e. The second-order valence-corrected chi connectivity index (χ2v) is 11.6. The van der Waals surface area contributed by atoms with Crippen LogP contribution in [-0.2, 0) is 5.41 Å². The van der Waals surface area contributed by atoms with Crippen molar-refractivity contribution >= 4 is 45.7 Å². The Bertz CT molecular complexity index is 1320. The number of hydrogen-bond donors (Lipinski definition) is 0. The van der Waals surface area contributed by atoms with Crippen LogP contribution in [0, 0.1) is 5.92 Å². The van der Waals surface area contributed by atoms with Crippen LogP contribution >= 0.6 is 11.6 Å². The van der Waals surface area contributed by atoms with Crippen molar-refractivity contribution in [2.45, 2.75) is 58.1 Å². The Morgan fingerprint density at radius 1 is 0.971 bits per heavy atom. The lowest BCUT2D eigenvalue weighted by atomic mass is 9.77. The molecule has 3 aliphatic rings. The van der Waals surface area contributed by atoms with Crippen LogP contribution in [0.15, 0.2) is 53.5 Å². The molecule has 1 fully saturated rings. The molecule has 4 nitrogen and oxygen atoms in total. The van der Waals surface area contributed by atoms with Gasteiger partial charge in [0, 0.05) is 52.9 Å². The zero-order chi connectivity index (χ0) is 24.4. The van der Waals surface area contributed by atoms with Crippen LogP contribution in [0.4, 0.5) is 17.1 Å². The number of aliphatic imine (C=N–C) groups is 1. The van der Waals surface area contributed by atoms with E-state index in [-0.39, 0.29) is 5.41 Å². The molecule has 0 N–H and O–H groups in total.